The van der Waals surface area contributed by atoms with Gasteiger partial charge in [-0.1, -0.05) is 13.8 Å². The summed E-state index contributed by atoms with van der Waals surface area (Å²) in [5, 5.41) is 4.51. The van der Waals surface area contributed by atoms with E-state index in [2.05, 4.69) is 40.5 Å². The molecule has 1 saturated heterocycles. The number of amides is 1. The van der Waals surface area contributed by atoms with Gasteiger partial charge in [0.25, 0.3) is 0 Å². The molecule has 2 aliphatic carbocycles. The Morgan fingerprint density at radius 2 is 2.00 bits per heavy atom. The maximum atomic E-state index is 12.8. The summed E-state index contributed by atoms with van der Waals surface area (Å²) in [5.41, 5.74) is 2.79. The zero-order valence-corrected chi connectivity index (χ0v) is 15.9. The number of hydrogen-bond acceptors (Lipinski definition) is 3. The largest absolute Gasteiger partial charge is 0.338 e. The molecule has 0 spiro atoms. The number of carbonyl (C=O) groups is 1. The van der Waals surface area contributed by atoms with Gasteiger partial charge in [-0.2, -0.15) is 5.10 Å². The molecule has 1 unspecified atom stereocenters. The molecule has 2 saturated carbocycles. The average molecular weight is 345 g/mol. The van der Waals surface area contributed by atoms with E-state index in [-0.39, 0.29) is 0 Å². The summed E-state index contributed by atoms with van der Waals surface area (Å²) in [6.07, 6.45) is 7.92. The first-order chi connectivity index (χ1) is 12.0. The van der Waals surface area contributed by atoms with Gasteiger partial charge < -0.3 is 4.90 Å². The Morgan fingerprint density at radius 3 is 2.64 bits per heavy atom. The Morgan fingerprint density at radius 1 is 1.24 bits per heavy atom. The topological polar surface area (TPSA) is 41.4 Å². The average Bonchev–Trinajstić information content (AvgIpc) is 3.47. The van der Waals surface area contributed by atoms with Crippen LogP contribution in [0.2, 0.25) is 0 Å². The summed E-state index contributed by atoms with van der Waals surface area (Å²) in [7, 11) is 2.07. The third-order valence-corrected chi connectivity index (χ3v) is 6.15. The van der Waals surface area contributed by atoms with Crippen LogP contribution < -0.4 is 0 Å². The van der Waals surface area contributed by atoms with Crippen molar-refractivity contribution in [2.45, 2.75) is 64.5 Å². The number of rotatable bonds is 6. The van der Waals surface area contributed by atoms with Crippen LogP contribution in [-0.4, -0.2) is 51.2 Å². The summed E-state index contributed by atoms with van der Waals surface area (Å²) >= 11 is 0. The molecule has 0 N–H and O–H groups in total. The lowest BCUT2D eigenvalue weighted by molar-refractivity contribution is -0.133. The van der Waals surface area contributed by atoms with Crippen LogP contribution in [0, 0.1) is 11.8 Å². The van der Waals surface area contributed by atoms with Gasteiger partial charge >= 0.3 is 0 Å². The van der Waals surface area contributed by atoms with Gasteiger partial charge in [-0.15, -0.1) is 0 Å². The van der Waals surface area contributed by atoms with Gasteiger partial charge in [0.05, 0.1) is 6.20 Å². The van der Waals surface area contributed by atoms with E-state index < -0.39 is 0 Å². The van der Waals surface area contributed by atoms with Crippen LogP contribution in [0.4, 0.5) is 0 Å². The Balaban J connectivity index is 1.49. The van der Waals surface area contributed by atoms with E-state index >= 15 is 0 Å². The molecule has 4 rings (SSSR count). The molecular weight excluding hydrogens is 312 g/mol. The number of hydrogen-bond donors (Lipinski definition) is 0. The van der Waals surface area contributed by atoms with Crippen molar-refractivity contribution in [2.75, 3.05) is 19.6 Å². The molecule has 0 aromatic carbocycles. The van der Waals surface area contributed by atoms with E-state index in [9.17, 15) is 4.79 Å². The smallest absolute Gasteiger partial charge is 0.224 e. The molecule has 0 radical (unpaired) electrons. The standard InChI is InChI=1S/C20H32N4O/c1-14(2)18-13-23(9-8-19(25)24(18)11-15-4-5-15)12-17-10-21-22(3)20(17)16-6-7-16/h10,14-16,18H,4-9,11-13H2,1-3H3. The maximum Gasteiger partial charge on any atom is 0.224 e. The van der Waals surface area contributed by atoms with Crippen molar-refractivity contribution in [3.05, 3.63) is 17.5 Å². The Labute approximate surface area is 151 Å². The molecule has 5 nitrogen and oxygen atoms in total. The van der Waals surface area contributed by atoms with Crippen molar-refractivity contribution in [2.24, 2.45) is 18.9 Å². The first kappa shape index (κ1) is 17.1. The maximum absolute atomic E-state index is 12.8. The van der Waals surface area contributed by atoms with E-state index in [1.54, 1.807) is 0 Å². The molecule has 3 fully saturated rings. The Hall–Kier alpha value is -1.36. The molecule has 1 aromatic heterocycles. The third-order valence-electron chi connectivity index (χ3n) is 6.15. The number of nitrogens with zero attached hydrogens (tertiary/aromatic N) is 4. The van der Waals surface area contributed by atoms with Gasteiger partial charge in [0.15, 0.2) is 0 Å². The molecule has 1 amide bonds. The highest BCUT2D eigenvalue weighted by Gasteiger charge is 2.36. The van der Waals surface area contributed by atoms with Crippen molar-refractivity contribution in [1.82, 2.24) is 19.6 Å². The molecule has 25 heavy (non-hydrogen) atoms. The highest BCUT2D eigenvalue weighted by atomic mass is 16.2. The van der Waals surface area contributed by atoms with E-state index in [0.717, 1.165) is 32.1 Å². The summed E-state index contributed by atoms with van der Waals surface area (Å²) in [6.45, 7) is 8.32. The molecule has 0 bridgehead atoms. The van der Waals surface area contributed by atoms with Crippen molar-refractivity contribution >= 4 is 5.91 Å². The molecule has 1 aromatic rings. The first-order valence-corrected chi connectivity index (χ1v) is 10.1. The third kappa shape index (κ3) is 3.76. The number of aromatic nitrogens is 2. The molecular formula is C20H32N4O. The zero-order chi connectivity index (χ0) is 17.6. The minimum Gasteiger partial charge on any atom is -0.338 e. The summed E-state index contributed by atoms with van der Waals surface area (Å²) in [4.78, 5) is 17.5. The lowest BCUT2D eigenvalue weighted by Crippen LogP contribution is -2.47. The lowest BCUT2D eigenvalue weighted by atomic mass is 10.0. The second-order valence-electron chi connectivity index (χ2n) is 8.74. The molecule has 1 atom stereocenters. The molecule has 3 aliphatic rings. The lowest BCUT2D eigenvalue weighted by Gasteiger charge is -2.35. The van der Waals surface area contributed by atoms with Gasteiger partial charge in [0.2, 0.25) is 5.91 Å². The molecule has 1 aliphatic heterocycles. The quantitative estimate of drug-likeness (QED) is 0.797. The van der Waals surface area contributed by atoms with Crippen molar-refractivity contribution < 1.29 is 4.79 Å². The van der Waals surface area contributed by atoms with E-state index in [1.807, 2.05) is 6.20 Å². The fourth-order valence-corrected chi connectivity index (χ4v) is 4.31. The van der Waals surface area contributed by atoms with Gasteiger partial charge in [0.1, 0.15) is 0 Å². The van der Waals surface area contributed by atoms with Gasteiger partial charge in [-0.05, 0) is 37.5 Å². The van der Waals surface area contributed by atoms with E-state index in [4.69, 9.17) is 0 Å². The van der Waals surface area contributed by atoms with Crippen LogP contribution in [0.15, 0.2) is 6.20 Å². The predicted molar refractivity (Wildman–Crippen MR) is 98.1 cm³/mol. The minimum atomic E-state index is 0.344. The molecule has 5 heteroatoms. The molecule has 138 valence electrons. The van der Waals surface area contributed by atoms with Crippen LogP contribution >= 0.6 is 0 Å². The van der Waals surface area contributed by atoms with Crippen molar-refractivity contribution in [3.63, 3.8) is 0 Å². The van der Waals surface area contributed by atoms with Crippen LogP contribution in [0.5, 0.6) is 0 Å². The first-order valence-electron chi connectivity index (χ1n) is 10.1. The van der Waals surface area contributed by atoms with E-state index in [1.165, 1.54) is 36.9 Å². The SMILES string of the molecule is CC(C)C1CN(Cc2cnn(C)c2C2CC2)CCC(=O)N1CC1CC1. The van der Waals surface area contributed by atoms with Crippen LogP contribution in [-0.2, 0) is 18.4 Å². The molecule has 2 heterocycles. The highest BCUT2D eigenvalue weighted by molar-refractivity contribution is 5.77. The minimum absolute atomic E-state index is 0.344. The number of carbonyl (C=O) groups excluding carboxylic acids is 1. The summed E-state index contributed by atoms with van der Waals surface area (Å²) in [6, 6.07) is 0.344. The second kappa shape index (κ2) is 6.75. The normalized spacial score (nSPS) is 25.7. The van der Waals surface area contributed by atoms with E-state index in [0.29, 0.717) is 30.2 Å². The van der Waals surface area contributed by atoms with Gasteiger partial charge in [-0.3, -0.25) is 14.4 Å². The Kier molecular flexibility index (Phi) is 4.61. The summed E-state index contributed by atoms with van der Waals surface area (Å²) in [5.74, 6) is 2.33. The fraction of sp³-hybridized carbons (Fsp3) is 0.800. The van der Waals surface area contributed by atoms with Crippen molar-refractivity contribution in [3.8, 4) is 0 Å². The van der Waals surface area contributed by atoms with Gasteiger partial charge in [0, 0.05) is 62.9 Å². The van der Waals surface area contributed by atoms with Gasteiger partial charge in [-0.25, -0.2) is 0 Å². The highest BCUT2D eigenvalue weighted by Crippen LogP contribution is 2.41. The van der Waals surface area contributed by atoms with Crippen LogP contribution in [0.3, 0.4) is 0 Å². The van der Waals surface area contributed by atoms with Crippen LogP contribution in [0.25, 0.3) is 0 Å². The zero-order valence-electron chi connectivity index (χ0n) is 15.9. The summed E-state index contributed by atoms with van der Waals surface area (Å²) < 4.78 is 2.06. The second-order valence-corrected chi connectivity index (χ2v) is 8.74. The van der Waals surface area contributed by atoms with Crippen molar-refractivity contribution in [1.29, 1.82) is 0 Å². The van der Waals surface area contributed by atoms with Crippen LogP contribution in [0.1, 0.15) is 63.1 Å². The predicted octanol–water partition coefficient (Wildman–Crippen LogP) is 2.77. The fourth-order valence-electron chi connectivity index (χ4n) is 4.31. The number of aryl methyl sites for hydroxylation is 1. The Bertz CT molecular complexity index is 630. The monoisotopic (exact) mass is 344 g/mol.